The van der Waals surface area contributed by atoms with Crippen molar-refractivity contribution in [3.8, 4) is 0 Å². The SMILES string of the molecule is Cc1nc(NC(=O)CCN)sc1C(F)(F)F. The minimum atomic E-state index is -4.43. The molecule has 90 valence electrons. The molecule has 4 nitrogen and oxygen atoms in total. The molecule has 1 heterocycles. The summed E-state index contributed by atoms with van der Waals surface area (Å²) in [7, 11) is 0. The van der Waals surface area contributed by atoms with Crippen molar-refractivity contribution in [2.45, 2.75) is 19.5 Å². The maximum atomic E-state index is 12.4. The minimum absolute atomic E-state index is 0.0525. The second-order valence-electron chi connectivity index (χ2n) is 3.02. The summed E-state index contributed by atoms with van der Waals surface area (Å²) in [6.45, 7) is 1.39. The quantitative estimate of drug-likeness (QED) is 0.862. The summed E-state index contributed by atoms with van der Waals surface area (Å²) in [5, 5.41) is 2.21. The first kappa shape index (κ1) is 12.9. The lowest BCUT2D eigenvalue weighted by atomic mass is 10.4. The van der Waals surface area contributed by atoms with Crippen LogP contribution in [0.1, 0.15) is 17.0 Å². The third kappa shape index (κ3) is 3.17. The fourth-order valence-corrected chi connectivity index (χ4v) is 1.88. The smallest absolute Gasteiger partial charge is 0.330 e. The summed E-state index contributed by atoms with van der Waals surface area (Å²) in [5.74, 6) is -0.440. The molecule has 0 aliphatic carbocycles. The molecule has 0 fully saturated rings. The predicted molar refractivity (Wildman–Crippen MR) is 54.2 cm³/mol. The molecule has 16 heavy (non-hydrogen) atoms. The van der Waals surface area contributed by atoms with Gasteiger partial charge in [0.15, 0.2) is 5.13 Å². The van der Waals surface area contributed by atoms with E-state index in [1.165, 1.54) is 6.92 Å². The molecule has 0 saturated heterocycles. The standard InChI is InChI=1S/C8H10F3N3OS/c1-4-6(8(9,10)11)16-7(13-4)14-5(15)2-3-12/h2-3,12H2,1H3,(H,13,14,15). The highest BCUT2D eigenvalue weighted by Crippen LogP contribution is 2.37. The summed E-state index contributed by atoms with van der Waals surface area (Å²) >= 11 is 0.412. The molecule has 1 amide bonds. The molecule has 0 atom stereocenters. The van der Waals surface area contributed by atoms with E-state index in [2.05, 4.69) is 10.3 Å². The number of aromatic nitrogens is 1. The van der Waals surface area contributed by atoms with Gasteiger partial charge >= 0.3 is 6.18 Å². The van der Waals surface area contributed by atoms with Crippen LogP contribution >= 0.6 is 11.3 Å². The van der Waals surface area contributed by atoms with Gasteiger partial charge in [-0.25, -0.2) is 4.98 Å². The van der Waals surface area contributed by atoms with Crippen molar-refractivity contribution in [2.24, 2.45) is 5.73 Å². The number of hydrogen-bond donors (Lipinski definition) is 2. The van der Waals surface area contributed by atoms with Crippen LogP contribution in [0.25, 0.3) is 0 Å². The average Bonchev–Trinajstić information content (AvgIpc) is 2.46. The first-order valence-electron chi connectivity index (χ1n) is 4.39. The predicted octanol–water partition coefficient (Wildman–Crippen LogP) is 1.76. The van der Waals surface area contributed by atoms with E-state index in [9.17, 15) is 18.0 Å². The molecule has 1 aromatic heterocycles. The van der Waals surface area contributed by atoms with Crippen LogP contribution in [-0.4, -0.2) is 17.4 Å². The molecular formula is C8H10F3N3OS. The average molecular weight is 253 g/mol. The lowest BCUT2D eigenvalue weighted by molar-refractivity contribution is -0.134. The highest BCUT2D eigenvalue weighted by molar-refractivity contribution is 7.16. The number of amides is 1. The summed E-state index contributed by atoms with van der Waals surface area (Å²) in [6.07, 6.45) is -4.38. The van der Waals surface area contributed by atoms with Gasteiger partial charge in [0.25, 0.3) is 0 Å². The van der Waals surface area contributed by atoms with Crippen LogP contribution < -0.4 is 11.1 Å². The fourth-order valence-electron chi connectivity index (χ4n) is 1.03. The van der Waals surface area contributed by atoms with Crippen molar-refractivity contribution in [3.63, 3.8) is 0 Å². The van der Waals surface area contributed by atoms with Gasteiger partial charge in [0.05, 0.1) is 5.69 Å². The van der Waals surface area contributed by atoms with Gasteiger partial charge in [-0.1, -0.05) is 11.3 Å². The van der Waals surface area contributed by atoms with Gasteiger partial charge in [-0.2, -0.15) is 13.2 Å². The van der Waals surface area contributed by atoms with Gasteiger partial charge in [-0.05, 0) is 6.92 Å². The maximum absolute atomic E-state index is 12.4. The molecule has 0 spiro atoms. The van der Waals surface area contributed by atoms with Gasteiger partial charge in [-0.3, -0.25) is 4.79 Å². The molecule has 0 unspecified atom stereocenters. The number of nitrogens with two attached hydrogens (primary N) is 1. The van der Waals surface area contributed by atoms with E-state index in [4.69, 9.17) is 5.73 Å². The van der Waals surface area contributed by atoms with E-state index in [1.807, 2.05) is 0 Å². The summed E-state index contributed by atoms with van der Waals surface area (Å²) in [6, 6.07) is 0. The Balaban J connectivity index is 2.81. The number of aryl methyl sites for hydroxylation is 1. The molecule has 0 radical (unpaired) electrons. The van der Waals surface area contributed by atoms with Crippen LogP contribution in [0.2, 0.25) is 0 Å². The number of alkyl halides is 3. The van der Waals surface area contributed by atoms with Crippen LogP contribution in [0, 0.1) is 6.92 Å². The summed E-state index contributed by atoms with van der Waals surface area (Å²) < 4.78 is 37.2. The molecule has 3 N–H and O–H groups in total. The largest absolute Gasteiger partial charge is 0.427 e. The van der Waals surface area contributed by atoms with Crippen LogP contribution in [-0.2, 0) is 11.0 Å². The number of nitrogens with one attached hydrogen (secondary N) is 1. The zero-order chi connectivity index (χ0) is 12.3. The van der Waals surface area contributed by atoms with Crippen LogP contribution in [0.3, 0.4) is 0 Å². The Labute approximate surface area is 93.7 Å². The van der Waals surface area contributed by atoms with Gasteiger partial charge in [0, 0.05) is 13.0 Å². The highest BCUT2D eigenvalue weighted by Gasteiger charge is 2.35. The van der Waals surface area contributed by atoms with E-state index in [0.717, 1.165) is 0 Å². The molecule has 0 saturated carbocycles. The maximum Gasteiger partial charge on any atom is 0.427 e. The van der Waals surface area contributed by atoms with Crippen molar-refractivity contribution in [2.75, 3.05) is 11.9 Å². The molecular weight excluding hydrogens is 243 g/mol. The van der Waals surface area contributed by atoms with Gasteiger partial charge < -0.3 is 11.1 Å². The van der Waals surface area contributed by atoms with Gasteiger partial charge in [-0.15, -0.1) is 0 Å². The zero-order valence-electron chi connectivity index (χ0n) is 8.39. The Kier molecular flexibility index (Phi) is 3.87. The fraction of sp³-hybridized carbons (Fsp3) is 0.500. The Morgan fingerprint density at radius 2 is 2.19 bits per heavy atom. The first-order chi connectivity index (χ1) is 7.34. The second-order valence-corrected chi connectivity index (χ2v) is 4.02. The number of carbonyl (C=O) groups excluding carboxylic acids is 1. The third-order valence-electron chi connectivity index (χ3n) is 1.67. The van der Waals surface area contributed by atoms with Crippen LogP contribution in [0.15, 0.2) is 0 Å². The number of halogens is 3. The Hall–Kier alpha value is -1.15. The molecule has 0 aromatic carbocycles. The molecule has 1 rings (SSSR count). The summed E-state index contributed by atoms with van der Waals surface area (Å²) in [4.78, 5) is 13.9. The molecule has 1 aromatic rings. The topological polar surface area (TPSA) is 68.0 Å². The van der Waals surface area contributed by atoms with Crippen molar-refractivity contribution >= 4 is 22.4 Å². The van der Waals surface area contributed by atoms with E-state index in [1.54, 1.807) is 0 Å². The zero-order valence-corrected chi connectivity index (χ0v) is 9.21. The minimum Gasteiger partial charge on any atom is -0.330 e. The number of anilines is 1. The Morgan fingerprint density at radius 3 is 2.62 bits per heavy atom. The lowest BCUT2D eigenvalue weighted by Gasteiger charge is -2.02. The van der Waals surface area contributed by atoms with E-state index >= 15 is 0 Å². The molecule has 8 heteroatoms. The lowest BCUT2D eigenvalue weighted by Crippen LogP contribution is -2.15. The molecule has 0 bridgehead atoms. The number of thiazole rings is 1. The van der Waals surface area contributed by atoms with E-state index in [0.29, 0.717) is 11.3 Å². The van der Waals surface area contributed by atoms with Crippen molar-refractivity contribution in [3.05, 3.63) is 10.6 Å². The van der Waals surface area contributed by atoms with Crippen LogP contribution in [0.4, 0.5) is 18.3 Å². The third-order valence-corrected chi connectivity index (χ3v) is 2.79. The number of hydrogen-bond acceptors (Lipinski definition) is 4. The Morgan fingerprint density at radius 1 is 1.56 bits per heavy atom. The normalized spacial score (nSPS) is 11.6. The number of rotatable bonds is 3. The monoisotopic (exact) mass is 253 g/mol. The van der Waals surface area contributed by atoms with Gasteiger partial charge in [0.1, 0.15) is 4.88 Å². The number of carbonyl (C=O) groups is 1. The van der Waals surface area contributed by atoms with E-state index in [-0.39, 0.29) is 23.8 Å². The van der Waals surface area contributed by atoms with Crippen molar-refractivity contribution < 1.29 is 18.0 Å². The first-order valence-corrected chi connectivity index (χ1v) is 5.20. The molecule has 0 aliphatic heterocycles. The van der Waals surface area contributed by atoms with Gasteiger partial charge in [0.2, 0.25) is 5.91 Å². The summed E-state index contributed by atoms with van der Waals surface area (Å²) in [5.41, 5.74) is 4.99. The number of nitrogens with zero attached hydrogens (tertiary/aromatic N) is 1. The van der Waals surface area contributed by atoms with Crippen LogP contribution in [0.5, 0.6) is 0 Å². The van der Waals surface area contributed by atoms with E-state index < -0.39 is 17.0 Å². The highest BCUT2D eigenvalue weighted by atomic mass is 32.1. The second kappa shape index (κ2) is 4.79. The van der Waals surface area contributed by atoms with Crippen molar-refractivity contribution in [1.82, 2.24) is 4.98 Å². The Bertz CT molecular complexity index is 388. The molecule has 0 aliphatic rings. The van der Waals surface area contributed by atoms with Crippen molar-refractivity contribution in [1.29, 1.82) is 0 Å².